The first-order valence-electron chi connectivity index (χ1n) is 5.65. The smallest absolute Gasteiger partial charge is 0.408 e. The average molecular weight is 270 g/mol. The Bertz CT molecular complexity index is 448. The summed E-state index contributed by atoms with van der Waals surface area (Å²) in [5.74, 6) is -0.161. The van der Waals surface area contributed by atoms with Crippen LogP contribution >= 0.6 is 11.3 Å². The molecule has 0 aliphatic rings. The molecule has 0 aromatic carbocycles. The number of Topliss-reactive ketones (excluding diaryl/α,β-unsaturated/α-hetero) is 1. The average Bonchev–Trinajstić information content (AvgIpc) is 2.60. The highest BCUT2D eigenvalue weighted by molar-refractivity contribution is 7.13. The Hall–Kier alpha value is -1.43. The van der Waals surface area contributed by atoms with Crippen molar-refractivity contribution in [3.8, 4) is 0 Å². The van der Waals surface area contributed by atoms with Gasteiger partial charge in [0.1, 0.15) is 5.60 Å². The van der Waals surface area contributed by atoms with E-state index >= 15 is 0 Å². The van der Waals surface area contributed by atoms with E-state index in [0.717, 1.165) is 5.01 Å². The molecule has 0 spiro atoms. The molecule has 1 amide bonds. The molecule has 18 heavy (non-hydrogen) atoms. The van der Waals surface area contributed by atoms with Crippen molar-refractivity contribution >= 4 is 23.2 Å². The number of ketones is 1. The Morgan fingerprint density at radius 1 is 1.44 bits per heavy atom. The SMILES string of the molecule is Cc1ncc(C(=O)[C@@H](C)NC(=O)OC(C)(C)C)s1. The molecule has 100 valence electrons. The zero-order valence-electron chi connectivity index (χ0n) is 11.2. The Balaban J connectivity index is 2.58. The summed E-state index contributed by atoms with van der Waals surface area (Å²) >= 11 is 1.31. The molecule has 0 aliphatic heterocycles. The molecule has 0 bridgehead atoms. The number of aryl methyl sites for hydroxylation is 1. The Kier molecular flexibility index (Phi) is 4.45. The Labute approximate surface area is 111 Å². The lowest BCUT2D eigenvalue weighted by molar-refractivity contribution is 0.0497. The molecule has 1 heterocycles. The maximum atomic E-state index is 12.0. The third kappa shape index (κ3) is 4.44. The summed E-state index contributed by atoms with van der Waals surface area (Å²) in [6.07, 6.45) is 0.930. The summed E-state index contributed by atoms with van der Waals surface area (Å²) in [7, 11) is 0. The van der Waals surface area contributed by atoms with Gasteiger partial charge in [-0.25, -0.2) is 9.78 Å². The molecular weight excluding hydrogens is 252 g/mol. The lowest BCUT2D eigenvalue weighted by Gasteiger charge is -2.21. The molecular formula is C12H18N2O3S. The number of thiazole rings is 1. The minimum absolute atomic E-state index is 0.161. The molecule has 1 aromatic rings. The number of ether oxygens (including phenoxy) is 1. The van der Waals surface area contributed by atoms with Gasteiger partial charge in [0.25, 0.3) is 0 Å². The first-order valence-corrected chi connectivity index (χ1v) is 6.47. The highest BCUT2D eigenvalue weighted by Gasteiger charge is 2.22. The van der Waals surface area contributed by atoms with Gasteiger partial charge in [-0.15, -0.1) is 11.3 Å². The van der Waals surface area contributed by atoms with Crippen molar-refractivity contribution in [3.05, 3.63) is 16.1 Å². The maximum absolute atomic E-state index is 12.0. The van der Waals surface area contributed by atoms with Gasteiger partial charge in [-0.1, -0.05) is 0 Å². The van der Waals surface area contributed by atoms with Crippen molar-refractivity contribution < 1.29 is 14.3 Å². The van der Waals surface area contributed by atoms with Crippen LogP contribution in [-0.4, -0.2) is 28.5 Å². The number of hydrogen-bond acceptors (Lipinski definition) is 5. The summed E-state index contributed by atoms with van der Waals surface area (Å²) in [6.45, 7) is 8.76. The van der Waals surface area contributed by atoms with E-state index in [1.54, 1.807) is 27.7 Å². The van der Waals surface area contributed by atoms with E-state index in [4.69, 9.17) is 4.74 Å². The van der Waals surface area contributed by atoms with Crippen LogP contribution in [0.3, 0.4) is 0 Å². The van der Waals surface area contributed by atoms with Gasteiger partial charge in [0.2, 0.25) is 0 Å². The highest BCUT2D eigenvalue weighted by Crippen LogP contribution is 2.14. The Morgan fingerprint density at radius 2 is 2.06 bits per heavy atom. The van der Waals surface area contributed by atoms with E-state index in [-0.39, 0.29) is 5.78 Å². The van der Waals surface area contributed by atoms with Gasteiger partial charge in [-0.2, -0.15) is 0 Å². The topological polar surface area (TPSA) is 68.3 Å². The summed E-state index contributed by atoms with van der Waals surface area (Å²) in [5.41, 5.74) is -0.575. The summed E-state index contributed by atoms with van der Waals surface area (Å²) in [6, 6.07) is -0.625. The van der Waals surface area contributed by atoms with E-state index in [2.05, 4.69) is 10.3 Å². The van der Waals surface area contributed by atoms with Gasteiger partial charge in [0, 0.05) is 6.20 Å². The lowest BCUT2D eigenvalue weighted by atomic mass is 10.2. The normalized spacial score (nSPS) is 12.9. The third-order valence-electron chi connectivity index (χ3n) is 1.99. The van der Waals surface area contributed by atoms with Crippen LogP contribution in [0.5, 0.6) is 0 Å². The first-order chi connectivity index (χ1) is 8.19. The van der Waals surface area contributed by atoms with Crippen LogP contribution in [0.1, 0.15) is 42.4 Å². The summed E-state index contributed by atoms with van der Waals surface area (Å²) in [5, 5.41) is 3.33. The number of rotatable bonds is 3. The molecule has 1 rings (SSSR count). The predicted molar refractivity (Wildman–Crippen MR) is 70.0 cm³/mol. The molecule has 0 saturated heterocycles. The molecule has 0 radical (unpaired) electrons. The molecule has 5 nitrogen and oxygen atoms in total. The maximum Gasteiger partial charge on any atom is 0.408 e. The fraction of sp³-hybridized carbons (Fsp3) is 0.583. The first kappa shape index (κ1) is 14.6. The minimum atomic E-state index is -0.625. The van der Waals surface area contributed by atoms with Crippen LogP contribution in [-0.2, 0) is 4.74 Å². The second-order valence-corrected chi connectivity index (χ2v) is 6.21. The molecule has 1 N–H and O–H groups in total. The monoisotopic (exact) mass is 270 g/mol. The minimum Gasteiger partial charge on any atom is -0.444 e. The van der Waals surface area contributed by atoms with Crippen LogP contribution in [0, 0.1) is 6.92 Å². The molecule has 1 aromatic heterocycles. The quantitative estimate of drug-likeness (QED) is 0.857. The number of amides is 1. The highest BCUT2D eigenvalue weighted by atomic mass is 32.1. The number of nitrogens with zero attached hydrogens (tertiary/aromatic N) is 1. The second-order valence-electron chi connectivity index (χ2n) is 4.98. The van der Waals surface area contributed by atoms with Crippen LogP contribution in [0.15, 0.2) is 6.20 Å². The van der Waals surface area contributed by atoms with Crippen LogP contribution < -0.4 is 5.32 Å². The fourth-order valence-electron chi connectivity index (χ4n) is 1.24. The van der Waals surface area contributed by atoms with Gasteiger partial charge in [-0.3, -0.25) is 4.79 Å². The second kappa shape index (κ2) is 5.48. The van der Waals surface area contributed by atoms with Crippen LogP contribution in [0.25, 0.3) is 0 Å². The number of nitrogens with one attached hydrogen (secondary N) is 1. The van der Waals surface area contributed by atoms with Crippen molar-refractivity contribution in [1.29, 1.82) is 0 Å². The van der Waals surface area contributed by atoms with Crippen molar-refractivity contribution in [2.75, 3.05) is 0 Å². The van der Waals surface area contributed by atoms with E-state index in [1.165, 1.54) is 17.5 Å². The number of carbonyl (C=O) groups excluding carboxylic acids is 2. The Morgan fingerprint density at radius 3 is 2.50 bits per heavy atom. The van der Waals surface area contributed by atoms with Gasteiger partial charge < -0.3 is 10.1 Å². The van der Waals surface area contributed by atoms with E-state index in [9.17, 15) is 9.59 Å². The van der Waals surface area contributed by atoms with Gasteiger partial charge in [0.05, 0.1) is 15.9 Å². The van der Waals surface area contributed by atoms with Crippen LogP contribution in [0.4, 0.5) is 4.79 Å². The number of hydrogen-bond donors (Lipinski definition) is 1. The van der Waals surface area contributed by atoms with Gasteiger partial charge in [0.15, 0.2) is 5.78 Å². The van der Waals surface area contributed by atoms with Crippen LogP contribution in [0.2, 0.25) is 0 Å². The number of aromatic nitrogens is 1. The molecule has 0 unspecified atom stereocenters. The van der Waals surface area contributed by atoms with Gasteiger partial charge in [-0.05, 0) is 34.6 Å². The molecule has 0 saturated carbocycles. The summed E-state index contributed by atoms with van der Waals surface area (Å²) in [4.78, 5) is 28.0. The van der Waals surface area contributed by atoms with E-state index in [1.807, 2.05) is 6.92 Å². The predicted octanol–water partition coefficient (Wildman–Crippen LogP) is 2.55. The van der Waals surface area contributed by atoms with Gasteiger partial charge >= 0.3 is 6.09 Å². The zero-order valence-corrected chi connectivity index (χ0v) is 12.1. The van der Waals surface area contributed by atoms with Crippen molar-refractivity contribution in [3.63, 3.8) is 0 Å². The zero-order chi connectivity index (χ0) is 13.9. The van der Waals surface area contributed by atoms with Crippen molar-refractivity contribution in [2.24, 2.45) is 0 Å². The third-order valence-corrected chi connectivity index (χ3v) is 2.92. The van der Waals surface area contributed by atoms with Crippen molar-refractivity contribution in [2.45, 2.75) is 46.3 Å². The fourth-order valence-corrected chi connectivity index (χ4v) is 2.04. The molecule has 0 aliphatic carbocycles. The van der Waals surface area contributed by atoms with E-state index in [0.29, 0.717) is 4.88 Å². The lowest BCUT2D eigenvalue weighted by Crippen LogP contribution is -2.41. The standard InChI is InChI=1S/C12H18N2O3S/c1-7(14-11(16)17-12(3,4)5)10(15)9-6-13-8(2)18-9/h6-7H,1-5H3,(H,14,16)/t7-/m1/s1. The largest absolute Gasteiger partial charge is 0.444 e. The summed E-state index contributed by atoms with van der Waals surface area (Å²) < 4.78 is 5.09. The number of carbonyl (C=O) groups is 2. The molecule has 6 heteroatoms. The molecule has 1 atom stereocenters. The number of alkyl carbamates (subject to hydrolysis) is 1. The van der Waals surface area contributed by atoms with Crippen molar-refractivity contribution in [1.82, 2.24) is 10.3 Å². The van der Waals surface area contributed by atoms with E-state index < -0.39 is 17.7 Å². The molecule has 0 fully saturated rings.